The van der Waals surface area contributed by atoms with Crippen molar-refractivity contribution in [2.24, 2.45) is 5.92 Å². The summed E-state index contributed by atoms with van der Waals surface area (Å²) in [4.78, 5) is 20.5. The molecule has 3 aliphatic rings. The largest absolute Gasteiger partial charge is 0.309 e. The molecule has 9 aromatic carbocycles. The summed E-state index contributed by atoms with van der Waals surface area (Å²) < 4.78 is 5.03. The van der Waals surface area contributed by atoms with E-state index in [0.717, 1.165) is 67.5 Å². The van der Waals surface area contributed by atoms with Crippen molar-refractivity contribution in [3.8, 4) is 90.4 Å². The Morgan fingerprint density at radius 3 is 1.35 bits per heavy atom. The lowest BCUT2D eigenvalue weighted by Crippen LogP contribution is -2.42. The average Bonchev–Trinajstić information content (AvgIpc) is 3.09. The van der Waals surface area contributed by atoms with Crippen molar-refractivity contribution in [3.05, 3.63) is 301 Å². The van der Waals surface area contributed by atoms with Crippen molar-refractivity contribution in [2.45, 2.75) is 5.92 Å². The topological polar surface area (TPSA) is 61.4 Å². The van der Waals surface area contributed by atoms with Crippen LogP contribution in [0.2, 0.25) is 0 Å². The maximum Gasteiger partial charge on any atom is 0.160 e. The van der Waals surface area contributed by atoms with Crippen LogP contribution in [0.15, 0.2) is 279 Å². The fourth-order valence-corrected chi connectivity index (χ4v) is 12.8. The Morgan fingerprint density at radius 1 is 0.362 bits per heavy atom. The molecule has 0 radical (unpaired) electrons. The van der Waals surface area contributed by atoms with Crippen LogP contribution < -0.4 is 10.6 Å². The van der Waals surface area contributed by atoms with Gasteiger partial charge in [0.1, 0.15) is 0 Å². The summed E-state index contributed by atoms with van der Waals surface area (Å²) >= 11 is 0. The molecule has 0 fully saturated rings. The molecule has 0 bridgehead atoms. The Kier molecular flexibility index (Phi) is 10.6. The van der Waals surface area contributed by atoms with Gasteiger partial charge >= 0.3 is 0 Å². The summed E-state index contributed by atoms with van der Waals surface area (Å²) in [5.41, 5.74) is 21.9. The molecule has 0 saturated heterocycles. The van der Waals surface area contributed by atoms with Gasteiger partial charge in [0.2, 0.25) is 0 Å². The first-order valence-electron chi connectivity index (χ1n) is 27.4. The average molecular weight is 1020 g/mol. The molecule has 6 heteroatoms. The van der Waals surface area contributed by atoms with Crippen LogP contribution in [0.1, 0.15) is 17.0 Å². The molecule has 0 spiro atoms. The molecule has 0 aliphatic heterocycles. The van der Waals surface area contributed by atoms with E-state index in [1.807, 2.05) is 48.5 Å². The SMILES string of the molecule is C1=CC2=c3c(c4ccccc4n3-c3ccc(-c4cc(-c5ccccc5)nc(-c5ccccc5)n4)cc3)=C3c4c(n(-c5ccc(-c6cc(-c7ccccc7)nc(-c7ccccc7)n6)cc5)c5ccccc45)-c4ccccc4C3C2C=C1. The van der Waals surface area contributed by atoms with Gasteiger partial charge in [-0.1, -0.05) is 231 Å². The highest BCUT2D eigenvalue weighted by Gasteiger charge is 2.42. The van der Waals surface area contributed by atoms with Gasteiger partial charge in [-0.15, -0.1) is 0 Å². The molecule has 0 amide bonds. The van der Waals surface area contributed by atoms with E-state index in [9.17, 15) is 0 Å². The van der Waals surface area contributed by atoms with Crippen LogP contribution in [0.4, 0.5) is 0 Å². The van der Waals surface area contributed by atoms with Crippen LogP contribution in [0.3, 0.4) is 0 Å². The number of allylic oxidation sites excluding steroid dienone is 4. The lowest BCUT2D eigenvalue weighted by atomic mass is 9.65. The smallest absolute Gasteiger partial charge is 0.160 e. The van der Waals surface area contributed by atoms with E-state index in [1.54, 1.807) is 0 Å². The maximum atomic E-state index is 5.20. The maximum absolute atomic E-state index is 5.20. The number of nitrogens with zero attached hydrogens (tertiary/aromatic N) is 6. The first-order chi connectivity index (χ1) is 39.7. The van der Waals surface area contributed by atoms with Crippen LogP contribution >= 0.6 is 0 Å². The van der Waals surface area contributed by atoms with Crippen LogP contribution in [0.25, 0.3) is 123 Å². The Morgan fingerprint density at radius 2 is 0.800 bits per heavy atom. The normalized spacial score (nSPS) is 14.8. The first-order valence-corrected chi connectivity index (χ1v) is 27.4. The van der Waals surface area contributed by atoms with Gasteiger partial charge in [0, 0.05) is 83.7 Å². The Bertz CT molecular complexity index is 4670. The summed E-state index contributed by atoms with van der Waals surface area (Å²) in [6.45, 7) is 0. The number of hydrogen-bond donors (Lipinski definition) is 0. The van der Waals surface area contributed by atoms with Crippen molar-refractivity contribution >= 4 is 33.0 Å². The van der Waals surface area contributed by atoms with E-state index in [-0.39, 0.29) is 11.8 Å². The second kappa shape index (κ2) is 18.6. The Labute approximate surface area is 462 Å². The van der Waals surface area contributed by atoms with Gasteiger partial charge in [0.15, 0.2) is 11.6 Å². The first kappa shape index (κ1) is 45.6. The van der Waals surface area contributed by atoms with Crippen molar-refractivity contribution in [3.63, 3.8) is 0 Å². The summed E-state index contributed by atoms with van der Waals surface area (Å²) in [7, 11) is 0. The summed E-state index contributed by atoms with van der Waals surface area (Å²) in [6.07, 6.45) is 9.28. The molecule has 16 rings (SSSR count). The highest BCUT2D eigenvalue weighted by molar-refractivity contribution is 6.08. The highest BCUT2D eigenvalue weighted by Crippen LogP contribution is 2.55. The molecular formula is C74H48N6. The van der Waals surface area contributed by atoms with E-state index in [2.05, 4.69) is 240 Å². The van der Waals surface area contributed by atoms with Gasteiger partial charge in [0.25, 0.3) is 0 Å². The molecule has 0 saturated carbocycles. The van der Waals surface area contributed by atoms with Crippen LogP contribution in [0.5, 0.6) is 0 Å². The van der Waals surface area contributed by atoms with Crippen molar-refractivity contribution in [1.82, 2.24) is 29.1 Å². The van der Waals surface area contributed by atoms with E-state index in [4.69, 9.17) is 19.9 Å². The Hall–Kier alpha value is -10.6. The Balaban J connectivity index is 0.898. The molecule has 4 heterocycles. The van der Waals surface area contributed by atoms with Crippen molar-refractivity contribution in [2.75, 3.05) is 0 Å². The number of rotatable bonds is 8. The minimum Gasteiger partial charge on any atom is -0.309 e. The van der Waals surface area contributed by atoms with E-state index in [0.29, 0.717) is 11.6 Å². The van der Waals surface area contributed by atoms with E-state index >= 15 is 0 Å². The van der Waals surface area contributed by atoms with E-state index in [1.165, 1.54) is 65.9 Å². The van der Waals surface area contributed by atoms with Crippen molar-refractivity contribution in [1.29, 1.82) is 0 Å². The number of aromatic nitrogens is 6. The molecular weight excluding hydrogens is 973 g/mol. The molecule has 80 heavy (non-hydrogen) atoms. The number of hydrogen-bond acceptors (Lipinski definition) is 4. The second-order valence-electron chi connectivity index (χ2n) is 20.8. The van der Waals surface area contributed by atoms with Gasteiger partial charge < -0.3 is 9.13 Å². The number of para-hydroxylation sites is 2. The minimum absolute atomic E-state index is 0.0661. The molecule has 0 N–H and O–H groups in total. The van der Waals surface area contributed by atoms with Crippen LogP contribution in [-0.2, 0) is 0 Å². The number of benzene rings is 9. The standard InChI is InChI=1S/C74H48N6/c1-5-21-47(22-6-1)61-45-63(77-73(75-61)51-25-9-3-10-26-51)49-37-41-53(42-38-49)79-65-35-19-17-33-59(65)68-70-67(55-29-13-15-31-57(55)71(68)79)56-30-14-16-32-58(56)72-69(70)60-34-18-20-36-66(60)80(72)54-43-39-50(40-44-54)64-46-62(48-23-7-2-8-24-48)76-74(78-64)52-27-11-4-12-28-52/h1-46,55,67H. The molecule has 4 aromatic heterocycles. The predicted molar refractivity (Wildman–Crippen MR) is 325 cm³/mol. The molecule has 13 aromatic rings. The van der Waals surface area contributed by atoms with Gasteiger partial charge in [-0.3, -0.25) is 0 Å². The fraction of sp³-hybridized carbons (Fsp3) is 0.0270. The van der Waals surface area contributed by atoms with Gasteiger partial charge in [-0.2, -0.15) is 0 Å². The van der Waals surface area contributed by atoms with Gasteiger partial charge in [0.05, 0.1) is 44.9 Å². The second-order valence-corrected chi connectivity index (χ2v) is 20.8. The molecule has 374 valence electrons. The molecule has 6 nitrogen and oxygen atoms in total. The zero-order chi connectivity index (χ0) is 52.7. The third-order valence-electron chi connectivity index (χ3n) is 16.3. The zero-order valence-electron chi connectivity index (χ0n) is 43.4. The summed E-state index contributed by atoms with van der Waals surface area (Å²) in [5.74, 6) is 1.55. The fourth-order valence-electron chi connectivity index (χ4n) is 12.8. The van der Waals surface area contributed by atoms with Crippen LogP contribution in [0, 0.1) is 5.92 Å². The van der Waals surface area contributed by atoms with Gasteiger partial charge in [-0.05, 0) is 65.2 Å². The minimum atomic E-state index is 0.0661. The van der Waals surface area contributed by atoms with E-state index < -0.39 is 0 Å². The van der Waals surface area contributed by atoms with Crippen LogP contribution in [-0.4, -0.2) is 29.1 Å². The quantitative estimate of drug-likeness (QED) is 0.152. The third kappa shape index (κ3) is 7.34. The molecule has 3 aliphatic carbocycles. The number of fused-ring (bicyclic) bond motifs is 13. The summed E-state index contributed by atoms with van der Waals surface area (Å²) in [6, 6.07) is 90.7. The summed E-state index contributed by atoms with van der Waals surface area (Å²) in [5, 5.41) is 4.99. The molecule has 2 unspecified atom stereocenters. The van der Waals surface area contributed by atoms with Gasteiger partial charge in [-0.25, -0.2) is 19.9 Å². The third-order valence-corrected chi connectivity index (χ3v) is 16.3. The monoisotopic (exact) mass is 1020 g/mol. The zero-order valence-corrected chi connectivity index (χ0v) is 43.4. The van der Waals surface area contributed by atoms with Crippen molar-refractivity contribution < 1.29 is 0 Å². The highest BCUT2D eigenvalue weighted by atomic mass is 15.0. The molecule has 2 atom stereocenters. The lowest BCUT2D eigenvalue weighted by molar-refractivity contribution is 0.715. The lowest BCUT2D eigenvalue weighted by Gasteiger charge is -2.38. The predicted octanol–water partition coefficient (Wildman–Crippen LogP) is 16.0.